The van der Waals surface area contributed by atoms with Crippen LogP contribution in [0, 0.1) is 17.6 Å². The molecular formula is C25H20F2N4O2S. The summed E-state index contributed by atoms with van der Waals surface area (Å²) >= 11 is 1.56. The molecule has 5 rings (SSSR count). The maximum Gasteiger partial charge on any atom is 0.229 e. The van der Waals surface area contributed by atoms with E-state index in [0.29, 0.717) is 29.7 Å². The first-order chi connectivity index (χ1) is 16.5. The number of carbonyl (C=O) groups is 2. The molecule has 9 heteroatoms. The van der Waals surface area contributed by atoms with Gasteiger partial charge in [-0.25, -0.2) is 8.78 Å². The van der Waals surface area contributed by atoms with Crippen LogP contribution in [0.5, 0.6) is 0 Å². The molecule has 0 radical (unpaired) electrons. The van der Waals surface area contributed by atoms with Crippen molar-refractivity contribution < 1.29 is 18.4 Å². The fourth-order valence-electron chi connectivity index (χ4n) is 3.96. The molecule has 4 aromatic rings. The number of amides is 2. The molecule has 1 aliphatic heterocycles. The quantitative estimate of drug-likeness (QED) is 0.407. The van der Waals surface area contributed by atoms with E-state index in [4.69, 9.17) is 0 Å². The van der Waals surface area contributed by atoms with Gasteiger partial charge < -0.3 is 10.2 Å². The van der Waals surface area contributed by atoms with Crippen molar-refractivity contribution in [1.29, 1.82) is 0 Å². The SMILES string of the molecule is O=C(Nc1cc2c(C=Cc3ccc(F)cc3)n[nH]c2cc1F)C1CC(=O)N(Cc2cccs2)C1. The van der Waals surface area contributed by atoms with E-state index in [2.05, 4.69) is 15.5 Å². The Hall–Kier alpha value is -3.85. The standard InChI is InChI=1S/C25H20F2N4O2S/c26-17-6-3-15(4-7-17)5-8-21-19-11-23(20(27)12-22(19)30-29-21)28-25(33)16-10-24(32)31(13-16)14-18-2-1-9-34-18/h1-9,11-12,16H,10,13-14H2,(H,28,33)(H,29,30). The molecule has 0 spiro atoms. The number of benzene rings is 2. The summed E-state index contributed by atoms with van der Waals surface area (Å²) in [5.41, 5.74) is 1.84. The Balaban J connectivity index is 1.32. The lowest BCUT2D eigenvalue weighted by Crippen LogP contribution is -2.28. The van der Waals surface area contributed by atoms with Crippen LogP contribution in [0.2, 0.25) is 0 Å². The van der Waals surface area contributed by atoms with Gasteiger partial charge in [0.05, 0.1) is 29.4 Å². The van der Waals surface area contributed by atoms with Crippen molar-refractivity contribution in [3.05, 3.63) is 81.7 Å². The molecule has 2 aromatic carbocycles. The number of rotatable bonds is 6. The van der Waals surface area contributed by atoms with Crippen molar-refractivity contribution >= 4 is 51.9 Å². The second-order valence-electron chi connectivity index (χ2n) is 8.12. The number of H-pyrrole nitrogens is 1. The zero-order chi connectivity index (χ0) is 23.7. The van der Waals surface area contributed by atoms with Crippen LogP contribution >= 0.6 is 11.3 Å². The van der Waals surface area contributed by atoms with Gasteiger partial charge in [-0.05, 0) is 41.3 Å². The summed E-state index contributed by atoms with van der Waals surface area (Å²) in [5.74, 6) is -1.96. The summed E-state index contributed by atoms with van der Waals surface area (Å²) in [4.78, 5) is 27.9. The van der Waals surface area contributed by atoms with E-state index in [1.54, 1.807) is 40.5 Å². The molecule has 2 aromatic heterocycles. The molecule has 34 heavy (non-hydrogen) atoms. The highest BCUT2D eigenvalue weighted by Gasteiger charge is 2.34. The predicted molar refractivity (Wildman–Crippen MR) is 128 cm³/mol. The number of likely N-dealkylation sites (tertiary alicyclic amines) is 1. The van der Waals surface area contributed by atoms with Crippen LogP contribution in [0.15, 0.2) is 53.9 Å². The van der Waals surface area contributed by atoms with Gasteiger partial charge in [0.2, 0.25) is 11.8 Å². The number of hydrogen-bond acceptors (Lipinski definition) is 4. The maximum absolute atomic E-state index is 14.7. The zero-order valence-electron chi connectivity index (χ0n) is 17.9. The van der Waals surface area contributed by atoms with Crippen LogP contribution in [-0.4, -0.2) is 33.5 Å². The van der Waals surface area contributed by atoms with E-state index in [0.717, 1.165) is 10.4 Å². The number of aromatic nitrogens is 2. The number of fused-ring (bicyclic) bond motifs is 1. The molecule has 0 bridgehead atoms. The number of carbonyl (C=O) groups excluding carboxylic acids is 2. The first-order valence-electron chi connectivity index (χ1n) is 10.7. The van der Waals surface area contributed by atoms with Gasteiger partial charge in [-0.2, -0.15) is 5.10 Å². The van der Waals surface area contributed by atoms with Crippen LogP contribution in [0.4, 0.5) is 14.5 Å². The third-order valence-corrected chi connectivity index (χ3v) is 6.61. The summed E-state index contributed by atoms with van der Waals surface area (Å²) in [6.45, 7) is 0.767. The zero-order valence-corrected chi connectivity index (χ0v) is 18.7. The molecule has 172 valence electrons. The third-order valence-electron chi connectivity index (χ3n) is 5.75. The number of anilines is 1. The molecule has 2 amide bonds. The van der Waals surface area contributed by atoms with Crippen molar-refractivity contribution in [2.75, 3.05) is 11.9 Å². The monoisotopic (exact) mass is 478 g/mol. The minimum Gasteiger partial charge on any atom is -0.337 e. The minimum absolute atomic E-state index is 0.0273. The Kier molecular flexibility index (Phi) is 5.93. The largest absolute Gasteiger partial charge is 0.337 e. The van der Waals surface area contributed by atoms with E-state index < -0.39 is 17.6 Å². The van der Waals surface area contributed by atoms with Gasteiger partial charge in [-0.1, -0.05) is 24.3 Å². The molecule has 0 aliphatic carbocycles. The van der Waals surface area contributed by atoms with E-state index in [1.807, 2.05) is 17.5 Å². The molecule has 6 nitrogen and oxygen atoms in total. The van der Waals surface area contributed by atoms with Crippen LogP contribution < -0.4 is 5.32 Å². The normalized spacial score (nSPS) is 16.1. The Morgan fingerprint density at radius 3 is 2.79 bits per heavy atom. The van der Waals surface area contributed by atoms with Crippen molar-refractivity contribution in [1.82, 2.24) is 15.1 Å². The Morgan fingerprint density at radius 1 is 1.21 bits per heavy atom. The minimum atomic E-state index is -0.599. The van der Waals surface area contributed by atoms with Crippen molar-refractivity contribution in [3.63, 3.8) is 0 Å². The number of aromatic amines is 1. The fraction of sp³-hybridized carbons (Fsp3) is 0.160. The Labute approximate surface area is 197 Å². The Bertz CT molecular complexity index is 1380. The molecular weight excluding hydrogens is 458 g/mol. The van der Waals surface area contributed by atoms with Crippen molar-refractivity contribution in [2.24, 2.45) is 5.92 Å². The summed E-state index contributed by atoms with van der Waals surface area (Å²) in [6.07, 6.45) is 3.59. The molecule has 3 heterocycles. The second kappa shape index (κ2) is 9.18. The highest BCUT2D eigenvalue weighted by Crippen LogP contribution is 2.28. The molecule has 1 aliphatic rings. The lowest BCUT2D eigenvalue weighted by Gasteiger charge is -2.15. The second-order valence-corrected chi connectivity index (χ2v) is 9.15. The van der Waals surface area contributed by atoms with Gasteiger partial charge >= 0.3 is 0 Å². The lowest BCUT2D eigenvalue weighted by molar-refractivity contribution is -0.128. The topological polar surface area (TPSA) is 78.1 Å². The predicted octanol–water partition coefficient (Wildman–Crippen LogP) is 5.06. The smallest absolute Gasteiger partial charge is 0.229 e. The number of halogens is 2. The first kappa shape index (κ1) is 22.0. The number of hydrogen-bond donors (Lipinski definition) is 2. The van der Waals surface area contributed by atoms with Crippen LogP contribution in [0.25, 0.3) is 23.1 Å². The highest BCUT2D eigenvalue weighted by molar-refractivity contribution is 7.09. The average molecular weight is 479 g/mol. The van der Waals surface area contributed by atoms with Crippen LogP contribution in [0.1, 0.15) is 22.6 Å². The fourth-order valence-corrected chi connectivity index (χ4v) is 4.68. The maximum atomic E-state index is 14.7. The van der Waals surface area contributed by atoms with Crippen LogP contribution in [0.3, 0.4) is 0 Å². The van der Waals surface area contributed by atoms with Crippen molar-refractivity contribution in [2.45, 2.75) is 13.0 Å². The number of nitrogens with zero attached hydrogens (tertiary/aromatic N) is 2. The molecule has 1 fully saturated rings. The molecule has 1 atom stereocenters. The van der Waals surface area contributed by atoms with Crippen molar-refractivity contribution in [3.8, 4) is 0 Å². The average Bonchev–Trinajstić information content (AvgIpc) is 3.55. The van der Waals surface area contributed by atoms with E-state index in [9.17, 15) is 18.4 Å². The third kappa shape index (κ3) is 4.60. The van der Waals surface area contributed by atoms with Gasteiger partial charge in [0.25, 0.3) is 0 Å². The summed E-state index contributed by atoms with van der Waals surface area (Å²) < 4.78 is 27.8. The number of thiophene rings is 1. The van der Waals surface area contributed by atoms with Gasteiger partial charge in [0.1, 0.15) is 11.6 Å². The molecule has 1 saturated heterocycles. The number of nitrogens with one attached hydrogen (secondary N) is 2. The van der Waals surface area contributed by atoms with Gasteiger partial charge in [-0.15, -0.1) is 11.3 Å². The van der Waals surface area contributed by atoms with Gasteiger partial charge in [-0.3, -0.25) is 14.7 Å². The highest BCUT2D eigenvalue weighted by atomic mass is 32.1. The molecule has 1 unspecified atom stereocenters. The Morgan fingerprint density at radius 2 is 2.03 bits per heavy atom. The first-order valence-corrected chi connectivity index (χ1v) is 11.6. The van der Waals surface area contributed by atoms with E-state index in [-0.39, 0.29) is 23.8 Å². The van der Waals surface area contributed by atoms with E-state index >= 15 is 0 Å². The lowest BCUT2D eigenvalue weighted by atomic mass is 10.1. The summed E-state index contributed by atoms with van der Waals surface area (Å²) in [7, 11) is 0. The van der Waals surface area contributed by atoms with Gasteiger partial charge in [0, 0.05) is 29.3 Å². The summed E-state index contributed by atoms with van der Waals surface area (Å²) in [6, 6.07) is 12.7. The summed E-state index contributed by atoms with van der Waals surface area (Å²) in [5, 5.41) is 12.2. The van der Waals surface area contributed by atoms with Crippen LogP contribution in [-0.2, 0) is 16.1 Å². The van der Waals surface area contributed by atoms with Gasteiger partial charge in [0.15, 0.2) is 0 Å². The van der Waals surface area contributed by atoms with E-state index in [1.165, 1.54) is 24.3 Å². The molecule has 0 saturated carbocycles. The molecule has 2 N–H and O–H groups in total.